The summed E-state index contributed by atoms with van der Waals surface area (Å²) in [5, 5.41) is 16.2. The highest BCUT2D eigenvalue weighted by Crippen LogP contribution is 2.25. The fourth-order valence-corrected chi connectivity index (χ4v) is 4.56. The zero-order valence-electron chi connectivity index (χ0n) is 17.6. The minimum absolute atomic E-state index is 0.0103. The summed E-state index contributed by atoms with van der Waals surface area (Å²) in [5.74, 6) is -1.62. The van der Waals surface area contributed by atoms with Gasteiger partial charge in [-0.2, -0.15) is 4.31 Å². The molecule has 0 unspecified atom stereocenters. The number of morpholine rings is 1. The van der Waals surface area contributed by atoms with Crippen molar-refractivity contribution in [1.82, 2.24) is 4.31 Å². The molecule has 0 radical (unpaired) electrons. The summed E-state index contributed by atoms with van der Waals surface area (Å²) in [6.07, 6.45) is 0. The summed E-state index contributed by atoms with van der Waals surface area (Å²) >= 11 is 0. The van der Waals surface area contributed by atoms with Gasteiger partial charge in [0.1, 0.15) is 5.69 Å². The van der Waals surface area contributed by atoms with E-state index in [1.165, 1.54) is 47.8 Å². The molecular weight excluding hydrogens is 456 g/mol. The normalized spacial score (nSPS) is 14.3. The van der Waals surface area contributed by atoms with Gasteiger partial charge in [-0.3, -0.25) is 14.9 Å². The number of sulfonamides is 1. The van der Waals surface area contributed by atoms with E-state index in [1.54, 1.807) is 0 Å². The summed E-state index contributed by atoms with van der Waals surface area (Å²) in [7, 11) is -2.24. The number of anilines is 2. The molecule has 0 spiro atoms. The molecule has 0 aliphatic carbocycles. The average molecular weight is 478 g/mol. The van der Waals surface area contributed by atoms with Crippen LogP contribution >= 0.6 is 0 Å². The molecule has 1 saturated heterocycles. The Balaban J connectivity index is 1.62. The van der Waals surface area contributed by atoms with Crippen molar-refractivity contribution in [1.29, 1.82) is 0 Å². The Labute approximate surface area is 189 Å². The summed E-state index contributed by atoms with van der Waals surface area (Å²) < 4.78 is 36.9. The largest absolute Gasteiger partial charge is 0.452 e. The van der Waals surface area contributed by atoms with Crippen molar-refractivity contribution in [2.45, 2.75) is 4.90 Å². The Morgan fingerprint density at radius 3 is 2.58 bits per heavy atom. The van der Waals surface area contributed by atoms with Crippen molar-refractivity contribution < 1.29 is 32.4 Å². The molecular formula is C20H22N4O8S. The number of ether oxygens (including phenoxy) is 2. The topological polar surface area (TPSA) is 157 Å². The number of hydrogen-bond acceptors (Lipinski definition) is 9. The van der Waals surface area contributed by atoms with E-state index in [2.05, 4.69) is 10.6 Å². The van der Waals surface area contributed by atoms with Gasteiger partial charge in [0.2, 0.25) is 10.0 Å². The van der Waals surface area contributed by atoms with Crippen LogP contribution in [-0.2, 0) is 24.3 Å². The van der Waals surface area contributed by atoms with Crippen LogP contribution in [0.1, 0.15) is 10.4 Å². The maximum atomic E-state index is 12.8. The van der Waals surface area contributed by atoms with Gasteiger partial charge in [-0.05, 0) is 30.3 Å². The van der Waals surface area contributed by atoms with Gasteiger partial charge >= 0.3 is 5.97 Å². The van der Waals surface area contributed by atoms with Gasteiger partial charge in [0.15, 0.2) is 6.61 Å². The summed E-state index contributed by atoms with van der Waals surface area (Å²) in [6.45, 7) is 0.426. The predicted octanol–water partition coefficient (Wildman–Crippen LogP) is 1.45. The average Bonchev–Trinajstić information content (AvgIpc) is 2.82. The Morgan fingerprint density at radius 2 is 1.91 bits per heavy atom. The first-order valence-electron chi connectivity index (χ1n) is 9.83. The van der Waals surface area contributed by atoms with Crippen molar-refractivity contribution in [2.24, 2.45) is 0 Å². The third-order valence-corrected chi connectivity index (χ3v) is 6.65. The number of nitrogens with zero attached hydrogens (tertiary/aromatic N) is 2. The van der Waals surface area contributed by atoms with E-state index < -0.39 is 33.4 Å². The van der Waals surface area contributed by atoms with Crippen LogP contribution in [0.2, 0.25) is 0 Å². The lowest BCUT2D eigenvalue weighted by atomic mass is 10.1. The molecule has 13 heteroatoms. The molecule has 2 aromatic carbocycles. The fraction of sp³-hybridized carbons (Fsp3) is 0.300. The van der Waals surface area contributed by atoms with Crippen LogP contribution in [0.4, 0.5) is 17.1 Å². The number of hydrogen-bond donors (Lipinski definition) is 2. The maximum Gasteiger partial charge on any atom is 0.338 e. The van der Waals surface area contributed by atoms with Crippen molar-refractivity contribution >= 4 is 39.0 Å². The summed E-state index contributed by atoms with van der Waals surface area (Å²) in [6, 6.07) is 9.45. The van der Waals surface area contributed by atoms with E-state index >= 15 is 0 Å². The molecule has 176 valence electrons. The second kappa shape index (κ2) is 10.4. The van der Waals surface area contributed by atoms with E-state index in [0.717, 1.165) is 6.07 Å². The smallest absolute Gasteiger partial charge is 0.338 e. The Hall–Kier alpha value is -3.55. The van der Waals surface area contributed by atoms with E-state index in [0.29, 0.717) is 13.2 Å². The molecule has 33 heavy (non-hydrogen) atoms. The molecule has 0 atom stereocenters. The van der Waals surface area contributed by atoms with E-state index in [1.807, 2.05) is 0 Å². The number of esters is 1. The van der Waals surface area contributed by atoms with Crippen molar-refractivity contribution in [2.75, 3.05) is 50.6 Å². The van der Waals surface area contributed by atoms with Crippen LogP contribution in [0, 0.1) is 10.1 Å². The number of carbonyl (C=O) groups is 2. The molecule has 1 aliphatic heterocycles. The number of nitro groups is 1. The second-order valence-electron chi connectivity index (χ2n) is 6.91. The first kappa shape index (κ1) is 24.1. The van der Waals surface area contributed by atoms with Gasteiger partial charge < -0.3 is 20.1 Å². The SMILES string of the molecule is CNc1ccc(C(=O)OCC(=O)Nc2cccc(S(=O)(=O)N3CCOCC3)c2)cc1[N+](=O)[O-]. The number of rotatable bonds is 8. The van der Waals surface area contributed by atoms with Gasteiger partial charge in [-0.1, -0.05) is 6.07 Å². The molecule has 12 nitrogen and oxygen atoms in total. The number of nitro benzene ring substituents is 1. The molecule has 1 heterocycles. The molecule has 1 fully saturated rings. The Morgan fingerprint density at radius 1 is 1.18 bits per heavy atom. The zero-order valence-corrected chi connectivity index (χ0v) is 18.5. The Bertz CT molecular complexity index is 1160. The first-order valence-corrected chi connectivity index (χ1v) is 11.3. The van der Waals surface area contributed by atoms with Crippen LogP contribution in [0.25, 0.3) is 0 Å². The van der Waals surface area contributed by atoms with Gasteiger partial charge in [0, 0.05) is 31.9 Å². The lowest BCUT2D eigenvalue weighted by Crippen LogP contribution is -2.40. The highest BCUT2D eigenvalue weighted by Gasteiger charge is 2.26. The van der Waals surface area contributed by atoms with E-state index in [4.69, 9.17) is 9.47 Å². The molecule has 0 bridgehead atoms. The Kier molecular flexibility index (Phi) is 7.58. The number of carbonyl (C=O) groups excluding carboxylic acids is 2. The molecule has 2 N–H and O–H groups in total. The fourth-order valence-electron chi connectivity index (χ4n) is 3.10. The number of amides is 1. The van der Waals surface area contributed by atoms with E-state index in [-0.39, 0.29) is 40.6 Å². The highest BCUT2D eigenvalue weighted by molar-refractivity contribution is 7.89. The molecule has 0 aromatic heterocycles. The lowest BCUT2D eigenvalue weighted by molar-refractivity contribution is -0.384. The monoisotopic (exact) mass is 478 g/mol. The zero-order chi connectivity index (χ0) is 24.0. The molecule has 1 aliphatic rings. The van der Waals surface area contributed by atoms with Crippen LogP contribution in [-0.4, -0.2) is 69.5 Å². The maximum absolute atomic E-state index is 12.8. The van der Waals surface area contributed by atoms with Crippen LogP contribution in [0.15, 0.2) is 47.4 Å². The number of benzene rings is 2. The molecule has 1 amide bonds. The first-order chi connectivity index (χ1) is 15.7. The third-order valence-electron chi connectivity index (χ3n) is 4.76. The van der Waals surface area contributed by atoms with Gasteiger partial charge in [0.25, 0.3) is 11.6 Å². The second-order valence-corrected chi connectivity index (χ2v) is 8.85. The van der Waals surface area contributed by atoms with Crippen molar-refractivity contribution in [3.63, 3.8) is 0 Å². The van der Waals surface area contributed by atoms with Crippen molar-refractivity contribution in [3.8, 4) is 0 Å². The van der Waals surface area contributed by atoms with E-state index in [9.17, 15) is 28.1 Å². The van der Waals surface area contributed by atoms with Gasteiger partial charge in [0.05, 0.1) is 28.6 Å². The van der Waals surface area contributed by atoms with Crippen LogP contribution < -0.4 is 10.6 Å². The molecule has 3 rings (SSSR count). The number of nitrogens with one attached hydrogen (secondary N) is 2. The minimum Gasteiger partial charge on any atom is -0.452 e. The standard InChI is InChI=1S/C20H22N4O8S/c1-21-17-6-5-14(11-18(17)24(27)28)20(26)32-13-19(25)22-15-3-2-4-16(12-15)33(29,30)23-7-9-31-10-8-23/h2-6,11-12,21H,7-10,13H2,1H3,(H,22,25). The third kappa shape index (κ3) is 5.83. The predicted molar refractivity (Wildman–Crippen MR) is 118 cm³/mol. The summed E-state index contributed by atoms with van der Waals surface area (Å²) in [5.41, 5.74) is 0.0300. The molecule has 0 saturated carbocycles. The van der Waals surface area contributed by atoms with Crippen LogP contribution in [0.3, 0.4) is 0 Å². The summed E-state index contributed by atoms with van der Waals surface area (Å²) in [4.78, 5) is 34.9. The van der Waals surface area contributed by atoms with Gasteiger partial charge in [-0.25, -0.2) is 13.2 Å². The quantitative estimate of drug-likeness (QED) is 0.325. The molecule has 2 aromatic rings. The van der Waals surface area contributed by atoms with Crippen molar-refractivity contribution in [3.05, 3.63) is 58.1 Å². The van der Waals surface area contributed by atoms with Gasteiger partial charge in [-0.15, -0.1) is 0 Å². The minimum atomic E-state index is -3.74. The van der Waals surface area contributed by atoms with Crippen LogP contribution in [0.5, 0.6) is 0 Å². The highest BCUT2D eigenvalue weighted by atomic mass is 32.2. The lowest BCUT2D eigenvalue weighted by Gasteiger charge is -2.26.